The minimum Gasteiger partial charge on any atom is -0.397 e. The largest absolute Gasteiger partial charge is 0.397 e. The van der Waals surface area contributed by atoms with Gasteiger partial charge in [0.15, 0.2) is 11.6 Å². The third kappa shape index (κ3) is 7.47. The van der Waals surface area contributed by atoms with E-state index in [4.69, 9.17) is 26.7 Å². The summed E-state index contributed by atoms with van der Waals surface area (Å²) in [5.41, 5.74) is 16.5. The maximum absolute atomic E-state index is 15.2. The van der Waals surface area contributed by atoms with Crippen LogP contribution in [-0.2, 0) is 20.7 Å². The highest BCUT2D eigenvalue weighted by molar-refractivity contribution is 5.78. The molecule has 2 atom stereocenters. The molecule has 2 aliphatic heterocycles. The van der Waals surface area contributed by atoms with Crippen LogP contribution in [-0.4, -0.2) is 48.3 Å². The van der Waals surface area contributed by atoms with Crippen LogP contribution in [0.4, 0.5) is 31.5 Å². The smallest absolute Gasteiger partial charge is 0.293 e. The van der Waals surface area contributed by atoms with Crippen molar-refractivity contribution < 1.29 is 33.4 Å². The van der Waals surface area contributed by atoms with Gasteiger partial charge in [0, 0.05) is 77.4 Å². The van der Waals surface area contributed by atoms with Gasteiger partial charge < -0.3 is 36.9 Å². The van der Waals surface area contributed by atoms with E-state index >= 15 is 8.78 Å². The van der Waals surface area contributed by atoms with Crippen molar-refractivity contribution in [1.82, 2.24) is 19.9 Å². The van der Waals surface area contributed by atoms with Crippen LogP contribution < -0.4 is 17.2 Å². The SMILES string of the molecule is CC(C)(O)c1ncc(-c2cc(N)c(N)c(C3CCCO3)c2F)cn1.CC(C)(O)c1ncc(-c2cc([N+](=O)[O-])c(N)c(C3CCCO3)c2F)cn1. The van der Waals surface area contributed by atoms with Gasteiger partial charge in [0.05, 0.1) is 28.5 Å². The average Bonchev–Trinajstić information content (AvgIpc) is 3.78. The van der Waals surface area contributed by atoms with Gasteiger partial charge in [-0.3, -0.25) is 10.1 Å². The second-order valence-corrected chi connectivity index (χ2v) is 13.2. The molecule has 0 aliphatic carbocycles. The van der Waals surface area contributed by atoms with E-state index in [0.29, 0.717) is 42.9 Å². The highest BCUT2D eigenvalue weighted by Crippen LogP contribution is 2.43. The first-order chi connectivity index (χ1) is 23.5. The summed E-state index contributed by atoms with van der Waals surface area (Å²) in [5, 5.41) is 31.2. The zero-order chi connectivity index (χ0) is 36.5. The van der Waals surface area contributed by atoms with Crippen molar-refractivity contribution in [3.8, 4) is 22.3 Å². The Morgan fingerprint density at radius 2 is 1.16 bits per heavy atom. The minimum absolute atomic E-state index is 0.00161. The predicted octanol–water partition coefficient (Wildman–Crippen LogP) is 5.38. The molecule has 14 nitrogen and oxygen atoms in total. The Labute approximate surface area is 286 Å². The summed E-state index contributed by atoms with van der Waals surface area (Å²) in [6.07, 6.45) is 7.39. The summed E-state index contributed by atoms with van der Waals surface area (Å²) >= 11 is 0. The molecule has 2 aromatic heterocycles. The number of rotatable bonds is 7. The average molecular weight is 695 g/mol. The van der Waals surface area contributed by atoms with E-state index in [1.165, 1.54) is 44.7 Å². The molecular weight excluding hydrogens is 654 g/mol. The van der Waals surface area contributed by atoms with Crippen LogP contribution >= 0.6 is 0 Å². The van der Waals surface area contributed by atoms with Crippen LogP contribution in [0.2, 0.25) is 0 Å². The van der Waals surface area contributed by atoms with E-state index in [2.05, 4.69) is 19.9 Å². The van der Waals surface area contributed by atoms with Crippen LogP contribution in [0.1, 0.15) is 88.4 Å². The lowest BCUT2D eigenvalue weighted by atomic mass is 9.96. The number of nitro benzene ring substituents is 1. The Kier molecular flexibility index (Phi) is 10.3. The summed E-state index contributed by atoms with van der Waals surface area (Å²) < 4.78 is 41.3. The van der Waals surface area contributed by atoms with Crippen LogP contribution in [0.25, 0.3) is 22.3 Å². The monoisotopic (exact) mass is 694 g/mol. The third-order valence-corrected chi connectivity index (χ3v) is 8.41. The third-order valence-electron chi connectivity index (χ3n) is 8.41. The summed E-state index contributed by atoms with van der Waals surface area (Å²) in [7, 11) is 0. The van der Waals surface area contributed by atoms with Crippen LogP contribution in [0.3, 0.4) is 0 Å². The predicted molar refractivity (Wildman–Crippen MR) is 181 cm³/mol. The highest BCUT2D eigenvalue weighted by Gasteiger charge is 2.32. The molecule has 2 unspecified atom stereocenters. The molecule has 2 aromatic carbocycles. The number of aliphatic hydroxyl groups is 2. The van der Waals surface area contributed by atoms with Gasteiger partial charge in [-0.2, -0.15) is 0 Å². The summed E-state index contributed by atoms with van der Waals surface area (Å²) in [5.74, 6) is -0.729. The number of benzene rings is 2. The molecule has 0 saturated carbocycles. The molecule has 0 bridgehead atoms. The summed E-state index contributed by atoms with van der Waals surface area (Å²) in [6.45, 7) is 7.24. The number of nitrogen functional groups attached to an aromatic ring is 3. The van der Waals surface area contributed by atoms with E-state index in [1.807, 2.05) is 0 Å². The number of nitro groups is 1. The molecule has 2 aliphatic rings. The van der Waals surface area contributed by atoms with Crippen molar-refractivity contribution in [2.45, 2.75) is 76.8 Å². The Balaban J connectivity index is 0.000000195. The molecule has 0 spiro atoms. The number of halogens is 2. The van der Waals surface area contributed by atoms with E-state index in [1.54, 1.807) is 13.8 Å². The van der Waals surface area contributed by atoms with Gasteiger partial charge in [0.2, 0.25) is 0 Å². The fraction of sp³-hybridized carbons (Fsp3) is 0.412. The van der Waals surface area contributed by atoms with Crippen LogP contribution in [0.5, 0.6) is 0 Å². The Morgan fingerprint density at radius 1 is 0.760 bits per heavy atom. The zero-order valence-electron chi connectivity index (χ0n) is 28.1. The van der Waals surface area contributed by atoms with E-state index in [0.717, 1.165) is 18.9 Å². The molecule has 0 amide bonds. The second-order valence-electron chi connectivity index (χ2n) is 13.2. The highest BCUT2D eigenvalue weighted by atomic mass is 19.1. The number of nitrogens with two attached hydrogens (primary N) is 3. The molecule has 2 fully saturated rings. The molecule has 2 saturated heterocycles. The minimum atomic E-state index is -1.26. The van der Waals surface area contributed by atoms with E-state index in [9.17, 15) is 20.3 Å². The quantitative estimate of drug-likeness (QED) is 0.0930. The van der Waals surface area contributed by atoms with Gasteiger partial charge in [-0.1, -0.05) is 0 Å². The standard InChI is InChI=1S/C17H19FN4O4.C17H21FN4O2/c1-17(2,23)16-20-7-9(8-21-16)10-6-11(22(24)25)15(19)13(14(10)18)12-4-3-5-26-12;1-17(2,23)16-21-7-9(8-22-16)10-6-11(19)15(20)13(14(10)18)12-4-3-5-24-12/h6-8,12,23H,3-5,19H2,1-2H3;6-8,12,23H,3-5,19-20H2,1-2H3. The van der Waals surface area contributed by atoms with Crippen molar-refractivity contribution in [2.75, 3.05) is 30.4 Å². The van der Waals surface area contributed by atoms with E-state index < -0.39 is 39.6 Å². The summed E-state index contributed by atoms with van der Waals surface area (Å²) in [6, 6.07) is 2.55. The van der Waals surface area contributed by atoms with Crippen LogP contribution in [0.15, 0.2) is 36.9 Å². The van der Waals surface area contributed by atoms with Gasteiger partial charge in [0.25, 0.3) is 5.69 Å². The molecule has 6 rings (SSSR count). The van der Waals surface area contributed by atoms with Crippen molar-refractivity contribution in [1.29, 1.82) is 0 Å². The van der Waals surface area contributed by atoms with Gasteiger partial charge in [0.1, 0.15) is 28.5 Å². The van der Waals surface area contributed by atoms with Gasteiger partial charge in [-0.05, 0) is 59.4 Å². The fourth-order valence-corrected chi connectivity index (χ4v) is 5.77. The lowest BCUT2D eigenvalue weighted by molar-refractivity contribution is -0.384. The number of aromatic nitrogens is 4. The van der Waals surface area contributed by atoms with Crippen molar-refractivity contribution in [3.05, 3.63) is 81.4 Å². The van der Waals surface area contributed by atoms with Crippen LogP contribution in [0, 0.1) is 21.7 Å². The Hall–Kier alpha value is -4.90. The maximum atomic E-state index is 15.2. The summed E-state index contributed by atoms with van der Waals surface area (Å²) in [4.78, 5) is 27.0. The Morgan fingerprint density at radius 3 is 1.52 bits per heavy atom. The number of hydrogen-bond donors (Lipinski definition) is 5. The lowest BCUT2D eigenvalue weighted by Gasteiger charge is -2.19. The normalized spacial score (nSPS) is 17.8. The molecule has 4 aromatic rings. The molecular formula is C34H40F2N8O6. The van der Waals surface area contributed by atoms with E-state index in [-0.39, 0.29) is 51.4 Å². The van der Waals surface area contributed by atoms with Crippen molar-refractivity contribution >= 4 is 22.7 Å². The van der Waals surface area contributed by atoms with Crippen molar-refractivity contribution in [2.24, 2.45) is 0 Å². The van der Waals surface area contributed by atoms with Crippen molar-refractivity contribution in [3.63, 3.8) is 0 Å². The first-order valence-electron chi connectivity index (χ1n) is 16.0. The molecule has 4 heterocycles. The molecule has 50 heavy (non-hydrogen) atoms. The number of ether oxygens (including phenoxy) is 2. The molecule has 16 heteroatoms. The topological polar surface area (TPSA) is 232 Å². The second kappa shape index (κ2) is 14.1. The fourth-order valence-electron chi connectivity index (χ4n) is 5.77. The van der Waals surface area contributed by atoms with Gasteiger partial charge in [-0.15, -0.1) is 0 Å². The van der Waals surface area contributed by atoms with Gasteiger partial charge in [-0.25, -0.2) is 28.7 Å². The molecule has 266 valence electrons. The Bertz CT molecular complexity index is 1870. The number of nitrogens with zero attached hydrogens (tertiary/aromatic N) is 5. The van der Waals surface area contributed by atoms with Gasteiger partial charge >= 0.3 is 0 Å². The zero-order valence-corrected chi connectivity index (χ0v) is 28.1. The number of anilines is 3. The molecule has 0 radical (unpaired) electrons. The molecule has 8 N–H and O–H groups in total. The first-order valence-corrected chi connectivity index (χ1v) is 16.0. The number of hydrogen-bond acceptors (Lipinski definition) is 13. The maximum Gasteiger partial charge on any atom is 0.293 e. The lowest BCUT2D eigenvalue weighted by Crippen LogP contribution is -2.19. The first kappa shape index (κ1) is 36.4.